The van der Waals surface area contributed by atoms with Crippen molar-refractivity contribution in [2.45, 2.75) is 38.5 Å². The van der Waals surface area contributed by atoms with Crippen molar-refractivity contribution in [2.75, 3.05) is 26.2 Å². The molecule has 3 rings (SSSR count). The first-order chi connectivity index (χ1) is 12.0. The Hall–Kier alpha value is -1.98. The summed E-state index contributed by atoms with van der Waals surface area (Å²) in [6.07, 6.45) is 6.53. The number of nitrogens with zero attached hydrogens (tertiary/aromatic N) is 2. The maximum Gasteiger partial charge on any atom is 0.257 e. The number of rotatable bonds is 4. The van der Waals surface area contributed by atoms with Crippen LogP contribution in [0, 0.1) is 17.6 Å². The summed E-state index contributed by atoms with van der Waals surface area (Å²) in [6.45, 7) is 1.60. The molecule has 1 saturated carbocycles. The van der Waals surface area contributed by atoms with Gasteiger partial charge in [0.2, 0.25) is 5.91 Å². The minimum atomic E-state index is -0.721. The van der Waals surface area contributed by atoms with Gasteiger partial charge in [0.15, 0.2) is 0 Å². The molecule has 1 aliphatic carbocycles. The topological polar surface area (TPSA) is 40.6 Å². The minimum absolute atomic E-state index is 0.135. The second-order valence-corrected chi connectivity index (χ2v) is 6.99. The summed E-state index contributed by atoms with van der Waals surface area (Å²) < 4.78 is 27.0. The molecule has 0 N–H and O–H groups in total. The number of benzene rings is 1. The van der Waals surface area contributed by atoms with E-state index in [9.17, 15) is 18.4 Å². The highest BCUT2D eigenvalue weighted by Gasteiger charge is 2.27. The molecular formula is C19H24F2N2O2. The summed E-state index contributed by atoms with van der Waals surface area (Å²) in [7, 11) is 0. The van der Waals surface area contributed by atoms with Crippen molar-refractivity contribution < 1.29 is 18.4 Å². The molecule has 25 heavy (non-hydrogen) atoms. The summed E-state index contributed by atoms with van der Waals surface area (Å²) in [5.41, 5.74) is -0.249. The summed E-state index contributed by atoms with van der Waals surface area (Å²) in [5, 5.41) is 0. The molecule has 2 aliphatic rings. The smallest absolute Gasteiger partial charge is 0.257 e. The van der Waals surface area contributed by atoms with Gasteiger partial charge < -0.3 is 9.80 Å². The molecule has 1 aromatic rings. The van der Waals surface area contributed by atoms with Gasteiger partial charge in [0, 0.05) is 32.6 Å². The Kier molecular flexibility index (Phi) is 5.66. The zero-order chi connectivity index (χ0) is 17.8. The molecule has 2 amide bonds. The van der Waals surface area contributed by atoms with Crippen LogP contribution >= 0.6 is 0 Å². The molecule has 1 aliphatic heterocycles. The van der Waals surface area contributed by atoms with E-state index in [4.69, 9.17) is 0 Å². The van der Waals surface area contributed by atoms with E-state index in [2.05, 4.69) is 0 Å². The molecule has 0 unspecified atom stereocenters. The molecule has 0 radical (unpaired) electrons. The average Bonchev–Trinajstić information content (AvgIpc) is 3.15. The van der Waals surface area contributed by atoms with Gasteiger partial charge in [0.1, 0.15) is 11.6 Å². The number of halogens is 2. The van der Waals surface area contributed by atoms with Gasteiger partial charge in [0.25, 0.3) is 5.91 Å². The largest absolute Gasteiger partial charge is 0.339 e. The predicted octanol–water partition coefficient (Wildman–Crippen LogP) is 3.22. The van der Waals surface area contributed by atoms with E-state index in [0.29, 0.717) is 38.5 Å². The lowest BCUT2D eigenvalue weighted by Gasteiger charge is -2.35. The van der Waals surface area contributed by atoms with Crippen LogP contribution in [-0.4, -0.2) is 47.8 Å². The number of carbonyl (C=O) groups excluding carboxylic acids is 2. The molecule has 0 bridgehead atoms. The Labute approximate surface area is 146 Å². The number of amides is 2. The fraction of sp³-hybridized carbons (Fsp3) is 0.579. The zero-order valence-electron chi connectivity index (χ0n) is 14.3. The van der Waals surface area contributed by atoms with Crippen molar-refractivity contribution in [1.29, 1.82) is 0 Å². The van der Waals surface area contributed by atoms with Crippen molar-refractivity contribution in [3.63, 3.8) is 0 Å². The highest BCUT2D eigenvalue weighted by molar-refractivity contribution is 5.94. The van der Waals surface area contributed by atoms with Crippen molar-refractivity contribution in [2.24, 2.45) is 5.92 Å². The Balaban J connectivity index is 1.50. The molecule has 0 atom stereocenters. The Bertz CT molecular complexity index is 636. The summed E-state index contributed by atoms with van der Waals surface area (Å²) >= 11 is 0. The quantitative estimate of drug-likeness (QED) is 0.837. The van der Waals surface area contributed by atoms with E-state index in [0.717, 1.165) is 24.6 Å². The van der Waals surface area contributed by atoms with Crippen LogP contribution in [0.4, 0.5) is 8.78 Å². The Morgan fingerprint density at radius 3 is 2.32 bits per heavy atom. The van der Waals surface area contributed by atoms with Crippen LogP contribution in [0.1, 0.15) is 48.9 Å². The first-order valence-corrected chi connectivity index (χ1v) is 9.06. The lowest BCUT2D eigenvalue weighted by molar-refractivity contribution is -0.133. The van der Waals surface area contributed by atoms with Crippen molar-refractivity contribution in [3.05, 3.63) is 35.4 Å². The van der Waals surface area contributed by atoms with Crippen molar-refractivity contribution >= 4 is 11.8 Å². The molecule has 1 heterocycles. The second kappa shape index (κ2) is 7.93. The molecule has 2 fully saturated rings. The first-order valence-electron chi connectivity index (χ1n) is 9.06. The van der Waals surface area contributed by atoms with Gasteiger partial charge >= 0.3 is 0 Å². The van der Waals surface area contributed by atoms with Gasteiger partial charge in [-0.1, -0.05) is 25.7 Å². The minimum Gasteiger partial charge on any atom is -0.339 e. The van der Waals surface area contributed by atoms with Crippen molar-refractivity contribution in [3.8, 4) is 0 Å². The predicted molar refractivity (Wildman–Crippen MR) is 90.0 cm³/mol. The van der Waals surface area contributed by atoms with E-state index >= 15 is 0 Å². The van der Waals surface area contributed by atoms with E-state index in [1.54, 1.807) is 4.90 Å². The highest BCUT2D eigenvalue weighted by Crippen LogP contribution is 2.28. The average molecular weight is 350 g/mol. The lowest BCUT2D eigenvalue weighted by Crippen LogP contribution is -2.50. The van der Waals surface area contributed by atoms with Crippen LogP contribution in [0.5, 0.6) is 0 Å². The Morgan fingerprint density at radius 1 is 1.00 bits per heavy atom. The van der Waals surface area contributed by atoms with Crippen LogP contribution in [0.15, 0.2) is 18.2 Å². The monoisotopic (exact) mass is 350 g/mol. The third kappa shape index (κ3) is 4.35. The van der Waals surface area contributed by atoms with Gasteiger partial charge in [-0.05, 0) is 30.5 Å². The van der Waals surface area contributed by atoms with E-state index in [1.807, 2.05) is 0 Å². The number of hydrogen-bond acceptors (Lipinski definition) is 2. The first kappa shape index (κ1) is 17.8. The summed E-state index contributed by atoms with van der Waals surface area (Å²) in [5.74, 6) is -1.05. The fourth-order valence-electron chi connectivity index (χ4n) is 3.78. The molecular weight excluding hydrogens is 326 g/mol. The van der Waals surface area contributed by atoms with Crippen LogP contribution in [0.2, 0.25) is 0 Å². The molecule has 1 saturated heterocycles. The molecule has 4 nitrogen and oxygen atoms in total. The lowest BCUT2D eigenvalue weighted by atomic mass is 10.0. The highest BCUT2D eigenvalue weighted by atomic mass is 19.1. The normalized spacial score (nSPS) is 18.6. The van der Waals surface area contributed by atoms with Gasteiger partial charge in [-0.15, -0.1) is 0 Å². The molecule has 0 aromatic heterocycles. The number of carbonyl (C=O) groups is 2. The molecule has 0 spiro atoms. The third-order valence-electron chi connectivity index (χ3n) is 5.32. The third-order valence-corrected chi connectivity index (χ3v) is 5.32. The number of hydrogen-bond donors (Lipinski definition) is 0. The molecule has 1 aromatic carbocycles. The van der Waals surface area contributed by atoms with Gasteiger partial charge in [-0.25, -0.2) is 8.78 Å². The van der Waals surface area contributed by atoms with Gasteiger partial charge in [-0.2, -0.15) is 0 Å². The SMILES string of the molecule is O=C(CCC1CCCC1)N1CCN(C(=O)c2cc(F)ccc2F)CC1. The van der Waals surface area contributed by atoms with Crippen LogP contribution in [0.25, 0.3) is 0 Å². The van der Waals surface area contributed by atoms with Gasteiger partial charge in [-0.3, -0.25) is 9.59 Å². The number of piperazine rings is 1. The van der Waals surface area contributed by atoms with Crippen molar-refractivity contribution in [1.82, 2.24) is 9.80 Å². The maximum atomic E-state index is 13.7. The summed E-state index contributed by atoms with van der Waals surface area (Å²) in [6, 6.07) is 2.88. The van der Waals surface area contributed by atoms with Gasteiger partial charge in [0.05, 0.1) is 5.56 Å². The van der Waals surface area contributed by atoms with Crippen LogP contribution in [0.3, 0.4) is 0 Å². The Morgan fingerprint density at radius 2 is 1.64 bits per heavy atom. The maximum absolute atomic E-state index is 13.7. The fourth-order valence-corrected chi connectivity index (χ4v) is 3.78. The molecule has 136 valence electrons. The summed E-state index contributed by atoms with van der Waals surface area (Å²) in [4.78, 5) is 27.9. The molecule has 6 heteroatoms. The standard InChI is InChI=1S/C19H24F2N2O2/c20-15-6-7-17(21)16(13-15)19(25)23-11-9-22(10-12-23)18(24)8-5-14-3-1-2-4-14/h6-7,13-14H,1-5,8-12H2. The van der Waals surface area contributed by atoms with Crippen LogP contribution < -0.4 is 0 Å². The second-order valence-electron chi connectivity index (χ2n) is 6.99. The van der Waals surface area contributed by atoms with Crippen LogP contribution in [-0.2, 0) is 4.79 Å². The zero-order valence-corrected chi connectivity index (χ0v) is 14.3. The van der Waals surface area contributed by atoms with E-state index < -0.39 is 17.5 Å². The van der Waals surface area contributed by atoms with E-state index in [1.165, 1.54) is 30.6 Å². The van der Waals surface area contributed by atoms with E-state index in [-0.39, 0.29) is 11.5 Å².